The van der Waals surface area contributed by atoms with E-state index in [4.69, 9.17) is 10.5 Å². The second-order valence-corrected chi connectivity index (χ2v) is 5.91. The number of ether oxygens (including phenoxy) is 1. The molecule has 0 radical (unpaired) electrons. The third kappa shape index (κ3) is 5.42. The average Bonchev–Trinajstić information content (AvgIpc) is 2.59. The van der Waals surface area contributed by atoms with Crippen molar-refractivity contribution in [3.8, 4) is 5.75 Å². The summed E-state index contributed by atoms with van der Waals surface area (Å²) in [5.74, 6) is 0.816. The Kier molecular flexibility index (Phi) is 6.18. The number of amides is 1. The monoisotopic (exact) mass is 312 g/mol. The summed E-state index contributed by atoms with van der Waals surface area (Å²) in [4.78, 5) is 11.8. The Hall–Kier alpha value is -2.33. The number of carbonyl (C=O) groups is 1. The molecular weight excluding hydrogens is 288 g/mol. The fourth-order valence-corrected chi connectivity index (χ4v) is 2.05. The van der Waals surface area contributed by atoms with Gasteiger partial charge in [0, 0.05) is 6.54 Å². The minimum atomic E-state index is -0.469. The van der Waals surface area contributed by atoms with Crippen LogP contribution in [0.25, 0.3) is 0 Å². The van der Waals surface area contributed by atoms with Crippen LogP contribution < -0.4 is 15.8 Å². The van der Waals surface area contributed by atoms with Gasteiger partial charge in [-0.1, -0.05) is 56.3 Å². The first-order chi connectivity index (χ1) is 11.1. The highest BCUT2D eigenvalue weighted by molar-refractivity contribution is 5.81. The highest BCUT2D eigenvalue weighted by Gasteiger charge is 2.16. The first kappa shape index (κ1) is 17.0. The Bertz CT molecular complexity index is 609. The van der Waals surface area contributed by atoms with Crippen molar-refractivity contribution in [1.29, 1.82) is 0 Å². The zero-order valence-corrected chi connectivity index (χ0v) is 13.7. The van der Waals surface area contributed by atoms with Gasteiger partial charge in [0.25, 0.3) is 0 Å². The fourth-order valence-electron chi connectivity index (χ4n) is 2.05. The van der Waals surface area contributed by atoms with Crippen LogP contribution in [0.1, 0.15) is 25.0 Å². The van der Waals surface area contributed by atoms with E-state index < -0.39 is 6.04 Å². The normalized spacial score (nSPS) is 12.0. The van der Waals surface area contributed by atoms with E-state index in [1.165, 1.54) is 0 Å². The van der Waals surface area contributed by atoms with E-state index in [1.54, 1.807) is 0 Å². The number of hydrogen-bond donors (Lipinski definition) is 2. The van der Waals surface area contributed by atoms with Crippen molar-refractivity contribution < 1.29 is 9.53 Å². The minimum Gasteiger partial charge on any atom is -0.489 e. The molecule has 122 valence electrons. The van der Waals surface area contributed by atoms with Crippen molar-refractivity contribution in [2.45, 2.75) is 33.0 Å². The zero-order chi connectivity index (χ0) is 16.7. The fraction of sp³-hybridized carbons (Fsp3) is 0.316. The Labute approximate surface area is 137 Å². The largest absolute Gasteiger partial charge is 0.489 e. The zero-order valence-electron chi connectivity index (χ0n) is 13.7. The summed E-state index contributed by atoms with van der Waals surface area (Å²) in [6, 6.07) is 17.3. The number of nitrogens with two attached hydrogens (primary N) is 1. The molecule has 0 spiro atoms. The summed E-state index contributed by atoms with van der Waals surface area (Å²) >= 11 is 0. The Balaban J connectivity index is 1.81. The quantitative estimate of drug-likeness (QED) is 0.826. The maximum absolute atomic E-state index is 11.8. The molecule has 0 bridgehead atoms. The molecule has 0 heterocycles. The van der Waals surface area contributed by atoms with Crippen LogP contribution in [0, 0.1) is 5.92 Å². The van der Waals surface area contributed by atoms with Crippen LogP contribution in [-0.4, -0.2) is 11.9 Å². The lowest BCUT2D eigenvalue weighted by Gasteiger charge is -2.15. The SMILES string of the molecule is CC(C)[C@H](N)C(=O)NCc1ccc(OCc2ccccc2)cc1. The highest BCUT2D eigenvalue weighted by atomic mass is 16.5. The molecule has 0 fully saturated rings. The molecule has 2 aromatic carbocycles. The maximum Gasteiger partial charge on any atom is 0.237 e. The van der Waals surface area contributed by atoms with Crippen molar-refractivity contribution in [3.63, 3.8) is 0 Å². The Morgan fingerprint density at radius 3 is 2.30 bits per heavy atom. The number of rotatable bonds is 7. The summed E-state index contributed by atoms with van der Waals surface area (Å²) in [5, 5.41) is 2.85. The first-order valence-electron chi connectivity index (χ1n) is 7.85. The highest BCUT2D eigenvalue weighted by Crippen LogP contribution is 2.14. The number of nitrogens with one attached hydrogen (secondary N) is 1. The molecule has 0 aliphatic heterocycles. The lowest BCUT2D eigenvalue weighted by Crippen LogP contribution is -2.43. The molecule has 0 unspecified atom stereocenters. The van der Waals surface area contributed by atoms with Crippen molar-refractivity contribution in [1.82, 2.24) is 5.32 Å². The molecule has 2 aromatic rings. The van der Waals surface area contributed by atoms with Gasteiger partial charge in [-0.05, 0) is 29.2 Å². The standard InChI is InChI=1S/C19H24N2O2/c1-14(2)18(20)19(22)21-12-15-8-10-17(11-9-15)23-13-16-6-4-3-5-7-16/h3-11,14,18H,12-13,20H2,1-2H3,(H,21,22)/t18-/m0/s1. The van der Waals surface area contributed by atoms with Crippen molar-refractivity contribution in [2.24, 2.45) is 11.7 Å². The van der Waals surface area contributed by atoms with Crippen LogP contribution >= 0.6 is 0 Å². The molecule has 4 nitrogen and oxygen atoms in total. The summed E-state index contributed by atoms with van der Waals surface area (Å²) in [5.41, 5.74) is 7.96. The summed E-state index contributed by atoms with van der Waals surface area (Å²) in [6.45, 7) is 4.88. The molecule has 0 aliphatic carbocycles. The van der Waals surface area contributed by atoms with Gasteiger partial charge in [0.05, 0.1) is 6.04 Å². The van der Waals surface area contributed by atoms with Gasteiger partial charge >= 0.3 is 0 Å². The molecule has 0 saturated carbocycles. The van der Waals surface area contributed by atoms with Crippen LogP contribution in [0.15, 0.2) is 54.6 Å². The van der Waals surface area contributed by atoms with Gasteiger partial charge in [-0.25, -0.2) is 0 Å². The van der Waals surface area contributed by atoms with Gasteiger partial charge in [0.1, 0.15) is 12.4 Å². The molecule has 3 N–H and O–H groups in total. The molecule has 0 aromatic heterocycles. The lowest BCUT2D eigenvalue weighted by molar-refractivity contribution is -0.123. The summed E-state index contributed by atoms with van der Waals surface area (Å²) in [7, 11) is 0. The third-order valence-electron chi connectivity index (χ3n) is 3.66. The summed E-state index contributed by atoms with van der Waals surface area (Å²) < 4.78 is 5.73. The number of carbonyl (C=O) groups excluding carboxylic acids is 1. The van der Waals surface area contributed by atoms with Crippen LogP contribution in [0.2, 0.25) is 0 Å². The van der Waals surface area contributed by atoms with Crippen molar-refractivity contribution in [2.75, 3.05) is 0 Å². The van der Waals surface area contributed by atoms with Gasteiger partial charge in [-0.15, -0.1) is 0 Å². The van der Waals surface area contributed by atoms with Crippen LogP contribution in [0.4, 0.5) is 0 Å². The summed E-state index contributed by atoms with van der Waals surface area (Å²) in [6.07, 6.45) is 0. The second kappa shape index (κ2) is 8.34. The Morgan fingerprint density at radius 2 is 1.70 bits per heavy atom. The van der Waals surface area contributed by atoms with Crippen LogP contribution in [-0.2, 0) is 17.9 Å². The molecule has 23 heavy (non-hydrogen) atoms. The molecule has 2 rings (SSSR count). The molecule has 4 heteroatoms. The van der Waals surface area contributed by atoms with Gasteiger partial charge in [-0.3, -0.25) is 4.79 Å². The van der Waals surface area contributed by atoms with E-state index in [2.05, 4.69) is 5.32 Å². The van der Waals surface area contributed by atoms with E-state index in [-0.39, 0.29) is 11.8 Å². The predicted octanol–water partition coefficient (Wildman–Crippen LogP) is 2.87. The van der Waals surface area contributed by atoms with E-state index in [0.717, 1.165) is 16.9 Å². The van der Waals surface area contributed by atoms with Crippen LogP contribution in [0.5, 0.6) is 5.75 Å². The van der Waals surface area contributed by atoms with E-state index in [0.29, 0.717) is 13.2 Å². The molecule has 1 amide bonds. The third-order valence-corrected chi connectivity index (χ3v) is 3.66. The number of hydrogen-bond acceptors (Lipinski definition) is 3. The first-order valence-corrected chi connectivity index (χ1v) is 7.85. The van der Waals surface area contributed by atoms with E-state index in [1.807, 2.05) is 68.4 Å². The minimum absolute atomic E-state index is 0.121. The van der Waals surface area contributed by atoms with Crippen LogP contribution in [0.3, 0.4) is 0 Å². The van der Waals surface area contributed by atoms with Crippen molar-refractivity contribution in [3.05, 3.63) is 65.7 Å². The van der Waals surface area contributed by atoms with E-state index >= 15 is 0 Å². The van der Waals surface area contributed by atoms with Gasteiger partial charge in [0.15, 0.2) is 0 Å². The smallest absolute Gasteiger partial charge is 0.237 e. The van der Waals surface area contributed by atoms with Gasteiger partial charge in [-0.2, -0.15) is 0 Å². The molecule has 0 saturated heterocycles. The number of benzene rings is 2. The second-order valence-electron chi connectivity index (χ2n) is 5.91. The molecule has 0 aliphatic rings. The molecule has 1 atom stereocenters. The molecular formula is C19H24N2O2. The average molecular weight is 312 g/mol. The van der Waals surface area contributed by atoms with Gasteiger partial charge in [0.2, 0.25) is 5.91 Å². The Morgan fingerprint density at radius 1 is 1.04 bits per heavy atom. The topological polar surface area (TPSA) is 64.4 Å². The van der Waals surface area contributed by atoms with Crippen molar-refractivity contribution >= 4 is 5.91 Å². The van der Waals surface area contributed by atoms with Gasteiger partial charge < -0.3 is 15.8 Å². The van der Waals surface area contributed by atoms with E-state index in [9.17, 15) is 4.79 Å². The maximum atomic E-state index is 11.8. The lowest BCUT2D eigenvalue weighted by atomic mass is 10.0. The predicted molar refractivity (Wildman–Crippen MR) is 91.9 cm³/mol.